The van der Waals surface area contributed by atoms with Crippen molar-refractivity contribution in [3.05, 3.63) is 48.2 Å². The van der Waals surface area contributed by atoms with Gasteiger partial charge in [0.05, 0.1) is 0 Å². The van der Waals surface area contributed by atoms with E-state index in [0.717, 1.165) is 6.42 Å². The predicted molar refractivity (Wildman–Crippen MR) is 121 cm³/mol. The predicted octanol–water partition coefficient (Wildman–Crippen LogP) is 3.36. The van der Waals surface area contributed by atoms with Crippen LogP contribution in [-0.2, 0) is 16.1 Å². The van der Waals surface area contributed by atoms with Gasteiger partial charge in [0.1, 0.15) is 18.3 Å². The number of amides is 2. The van der Waals surface area contributed by atoms with Crippen LogP contribution in [0.2, 0.25) is 0 Å². The van der Waals surface area contributed by atoms with Gasteiger partial charge in [-0.2, -0.15) is 0 Å². The van der Waals surface area contributed by atoms with Crippen LogP contribution in [0.4, 0.5) is 5.69 Å². The highest BCUT2D eigenvalue weighted by Crippen LogP contribution is 2.23. The largest absolute Gasteiger partial charge is 0.458 e. The van der Waals surface area contributed by atoms with Gasteiger partial charge in [0.25, 0.3) is 0 Å². The monoisotopic (exact) mass is 438 g/mol. The van der Waals surface area contributed by atoms with E-state index in [4.69, 9.17) is 4.42 Å². The molecular formula is C23H30N6O3. The van der Waals surface area contributed by atoms with Crippen molar-refractivity contribution in [2.75, 3.05) is 4.90 Å². The first kappa shape index (κ1) is 23.2. The number of aromatic nitrogens is 4. The molecule has 2 heterocycles. The lowest BCUT2D eigenvalue weighted by atomic mass is 10.0. The van der Waals surface area contributed by atoms with Crippen LogP contribution in [0.1, 0.15) is 46.3 Å². The standard InChI is InChI=1S/C23H30N6O3/c1-6-10-18(22(31)24-23(3,4)5)29(17-11-8-7-9-12-17)20(30)15-28-21(25-26-27-28)19-14-13-16(2)32-19/h7-9,11-14,18H,6,10,15H2,1-5H3,(H,24,31). The van der Waals surface area contributed by atoms with Gasteiger partial charge < -0.3 is 9.73 Å². The number of anilines is 1. The second kappa shape index (κ2) is 9.76. The molecule has 3 rings (SSSR count). The summed E-state index contributed by atoms with van der Waals surface area (Å²) in [6, 6.07) is 12.1. The Hall–Kier alpha value is -3.49. The number of aryl methyl sites for hydroxylation is 1. The molecule has 0 spiro atoms. The summed E-state index contributed by atoms with van der Waals surface area (Å²) in [5.41, 5.74) is 0.220. The smallest absolute Gasteiger partial charge is 0.249 e. The molecule has 1 atom stereocenters. The molecule has 1 N–H and O–H groups in total. The van der Waals surface area contributed by atoms with Crippen LogP contribution >= 0.6 is 0 Å². The van der Waals surface area contributed by atoms with Crippen molar-refractivity contribution < 1.29 is 14.0 Å². The number of carbonyl (C=O) groups is 2. The number of nitrogens with one attached hydrogen (secondary N) is 1. The van der Waals surface area contributed by atoms with Crippen molar-refractivity contribution in [1.82, 2.24) is 25.5 Å². The van der Waals surface area contributed by atoms with Crippen LogP contribution < -0.4 is 10.2 Å². The van der Waals surface area contributed by atoms with Crippen molar-refractivity contribution in [2.45, 2.75) is 65.6 Å². The van der Waals surface area contributed by atoms with E-state index >= 15 is 0 Å². The molecule has 1 aromatic carbocycles. The Balaban J connectivity index is 1.95. The zero-order chi connectivity index (χ0) is 23.3. The molecule has 0 aliphatic carbocycles. The van der Waals surface area contributed by atoms with Gasteiger partial charge in [0.2, 0.25) is 17.6 Å². The van der Waals surface area contributed by atoms with Gasteiger partial charge in [0, 0.05) is 11.2 Å². The van der Waals surface area contributed by atoms with Crippen molar-refractivity contribution in [2.24, 2.45) is 0 Å². The maximum absolute atomic E-state index is 13.6. The minimum atomic E-state index is -0.667. The molecule has 0 bridgehead atoms. The van der Waals surface area contributed by atoms with Crippen molar-refractivity contribution in [3.63, 3.8) is 0 Å². The Labute approximate surface area is 187 Å². The summed E-state index contributed by atoms with van der Waals surface area (Å²) in [5, 5.41) is 14.7. The average molecular weight is 439 g/mol. The summed E-state index contributed by atoms with van der Waals surface area (Å²) in [7, 11) is 0. The van der Waals surface area contributed by atoms with Crippen molar-refractivity contribution in [1.29, 1.82) is 0 Å². The molecule has 32 heavy (non-hydrogen) atoms. The van der Waals surface area contributed by atoms with Crippen LogP contribution in [0.5, 0.6) is 0 Å². The molecule has 170 valence electrons. The molecular weight excluding hydrogens is 408 g/mol. The third kappa shape index (κ3) is 5.60. The maximum atomic E-state index is 13.6. The van der Waals surface area contributed by atoms with E-state index in [-0.39, 0.29) is 18.4 Å². The first-order valence-electron chi connectivity index (χ1n) is 10.7. The molecule has 0 saturated heterocycles. The number of carbonyl (C=O) groups excluding carboxylic acids is 2. The lowest BCUT2D eigenvalue weighted by Gasteiger charge is -2.33. The molecule has 9 nitrogen and oxygen atoms in total. The minimum Gasteiger partial charge on any atom is -0.458 e. The fraction of sp³-hybridized carbons (Fsp3) is 0.435. The Morgan fingerprint density at radius 2 is 1.88 bits per heavy atom. The normalized spacial score (nSPS) is 12.4. The molecule has 0 radical (unpaired) electrons. The fourth-order valence-corrected chi connectivity index (χ4v) is 3.44. The summed E-state index contributed by atoms with van der Waals surface area (Å²) in [5.74, 6) is 1.05. The number of hydrogen-bond donors (Lipinski definition) is 1. The average Bonchev–Trinajstić information content (AvgIpc) is 3.35. The van der Waals surface area contributed by atoms with E-state index < -0.39 is 11.6 Å². The van der Waals surface area contributed by atoms with E-state index in [1.807, 2.05) is 65.0 Å². The Morgan fingerprint density at radius 1 is 1.16 bits per heavy atom. The summed E-state index contributed by atoms with van der Waals surface area (Å²) >= 11 is 0. The highest BCUT2D eigenvalue weighted by molar-refractivity contribution is 6.00. The molecule has 0 aliphatic heterocycles. The molecule has 0 saturated carbocycles. The summed E-state index contributed by atoms with van der Waals surface area (Å²) in [6.45, 7) is 9.43. The molecule has 0 aliphatic rings. The minimum absolute atomic E-state index is 0.139. The molecule has 2 amide bonds. The van der Waals surface area contributed by atoms with E-state index in [1.165, 1.54) is 4.68 Å². The lowest BCUT2D eigenvalue weighted by molar-refractivity contribution is -0.128. The van der Waals surface area contributed by atoms with Crippen LogP contribution in [0.3, 0.4) is 0 Å². The fourth-order valence-electron chi connectivity index (χ4n) is 3.44. The molecule has 0 fully saturated rings. The van der Waals surface area contributed by atoms with Crippen LogP contribution in [0.25, 0.3) is 11.6 Å². The topological polar surface area (TPSA) is 106 Å². The van der Waals surface area contributed by atoms with Crippen molar-refractivity contribution in [3.8, 4) is 11.6 Å². The second-order valence-corrected chi connectivity index (χ2v) is 8.71. The molecule has 1 unspecified atom stereocenters. The number of hydrogen-bond acceptors (Lipinski definition) is 6. The van der Waals surface area contributed by atoms with E-state index in [2.05, 4.69) is 20.8 Å². The lowest BCUT2D eigenvalue weighted by Crippen LogP contribution is -2.54. The number of benzene rings is 1. The van der Waals surface area contributed by atoms with Crippen LogP contribution in [0, 0.1) is 6.92 Å². The summed E-state index contributed by atoms with van der Waals surface area (Å²) in [4.78, 5) is 28.3. The Bertz CT molecular complexity index is 1050. The Morgan fingerprint density at radius 3 is 2.47 bits per heavy atom. The van der Waals surface area contributed by atoms with E-state index in [0.29, 0.717) is 29.5 Å². The number of furan rings is 1. The SMILES string of the molecule is CCCC(C(=O)NC(C)(C)C)N(C(=O)Cn1nnnc1-c1ccc(C)o1)c1ccccc1. The first-order chi connectivity index (χ1) is 15.2. The van der Waals surface area contributed by atoms with Gasteiger partial charge in [-0.05, 0) is 68.8 Å². The number of nitrogens with zero attached hydrogens (tertiary/aromatic N) is 5. The summed E-state index contributed by atoms with van der Waals surface area (Å²) in [6.07, 6.45) is 1.25. The Kier molecular flexibility index (Phi) is 7.07. The summed E-state index contributed by atoms with van der Waals surface area (Å²) < 4.78 is 7.01. The van der Waals surface area contributed by atoms with Gasteiger partial charge in [0.15, 0.2) is 5.76 Å². The van der Waals surface area contributed by atoms with Gasteiger partial charge in [-0.15, -0.1) is 5.10 Å². The molecule has 9 heteroatoms. The molecule has 3 aromatic rings. The zero-order valence-corrected chi connectivity index (χ0v) is 19.2. The van der Waals surface area contributed by atoms with Crippen LogP contribution in [0.15, 0.2) is 46.9 Å². The van der Waals surface area contributed by atoms with Gasteiger partial charge in [-0.3, -0.25) is 14.5 Å². The third-order valence-electron chi connectivity index (χ3n) is 4.76. The third-order valence-corrected chi connectivity index (χ3v) is 4.76. The number of rotatable bonds is 8. The maximum Gasteiger partial charge on any atom is 0.249 e. The van der Waals surface area contributed by atoms with Crippen LogP contribution in [-0.4, -0.2) is 43.6 Å². The highest BCUT2D eigenvalue weighted by atomic mass is 16.3. The molecule has 2 aromatic heterocycles. The second-order valence-electron chi connectivity index (χ2n) is 8.71. The number of tetrazole rings is 1. The van der Waals surface area contributed by atoms with E-state index in [1.54, 1.807) is 17.0 Å². The van der Waals surface area contributed by atoms with Crippen molar-refractivity contribution >= 4 is 17.5 Å². The van der Waals surface area contributed by atoms with Gasteiger partial charge in [-0.1, -0.05) is 31.5 Å². The van der Waals surface area contributed by atoms with E-state index in [9.17, 15) is 9.59 Å². The number of para-hydroxylation sites is 1. The first-order valence-corrected chi connectivity index (χ1v) is 10.7. The van der Waals surface area contributed by atoms with Gasteiger partial charge in [-0.25, -0.2) is 4.68 Å². The van der Waals surface area contributed by atoms with Gasteiger partial charge >= 0.3 is 0 Å². The quantitative estimate of drug-likeness (QED) is 0.578. The zero-order valence-electron chi connectivity index (χ0n) is 19.2. The highest BCUT2D eigenvalue weighted by Gasteiger charge is 2.33.